The van der Waals surface area contributed by atoms with Gasteiger partial charge in [0.2, 0.25) is 17.7 Å². The molecule has 0 saturated carbocycles. The molecule has 33 heavy (non-hydrogen) atoms. The van der Waals surface area contributed by atoms with Gasteiger partial charge in [-0.25, -0.2) is 4.79 Å². The fourth-order valence-electron chi connectivity index (χ4n) is 2.78. The summed E-state index contributed by atoms with van der Waals surface area (Å²) in [4.78, 5) is 59.3. The van der Waals surface area contributed by atoms with Crippen LogP contribution in [0.1, 0.15) is 24.8 Å². The molecule has 0 heterocycles. The molecule has 3 atom stereocenters. The van der Waals surface area contributed by atoms with Gasteiger partial charge in [-0.3, -0.25) is 19.2 Å². The zero-order valence-electron chi connectivity index (χ0n) is 18.3. The van der Waals surface area contributed by atoms with Crippen LogP contribution in [0.25, 0.3) is 0 Å². The molecule has 1 aromatic carbocycles. The molecule has 11 nitrogen and oxygen atoms in total. The van der Waals surface area contributed by atoms with E-state index in [1.807, 2.05) is 6.26 Å². The number of nitrogens with two attached hydrogens (primary N) is 1. The molecule has 0 radical (unpaired) electrons. The van der Waals surface area contributed by atoms with Gasteiger partial charge in [-0.05, 0) is 30.4 Å². The van der Waals surface area contributed by atoms with Crippen molar-refractivity contribution in [1.29, 1.82) is 0 Å². The Bertz CT molecular complexity index is 822. The summed E-state index contributed by atoms with van der Waals surface area (Å²) in [5, 5.41) is 25.3. The quantitative estimate of drug-likeness (QED) is 0.189. The number of carbonyl (C=O) groups excluding carboxylic acids is 3. The van der Waals surface area contributed by atoms with Crippen LogP contribution in [0.2, 0.25) is 0 Å². The predicted octanol–water partition coefficient (Wildman–Crippen LogP) is -0.655. The Balaban J connectivity index is 2.67. The normalized spacial score (nSPS) is 13.3. The lowest BCUT2D eigenvalue weighted by Gasteiger charge is -2.20. The number of benzene rings is 1. The number of carboxylic acid groups (broad SMARTS) is 2. The minimum Gasteiger partial charge on any atom is -0.481 e. The van der Waals surface area contributed by atoms with Gasteiger partial charge in [0.25, 0.3) is 0 Å². The number of nitrogens with one attached hydrogen (secondary N) is 3. The van der Waals surface area contributed by atoms with Gasteiger partial charge in [0.1, 0.15) is 12.1 Å². The maximum atomic E-state index is 12.5. The van der Waals surface area contributed by atoms with Crippen LogP contribution < -0.4 is 21.7 Å². The van der Waals surface area contributed by atoms with Crippen molar-refractivity contribution in [2.45, 2.75) is 43.8 Å². The van der Waals surface area contributed by atoms with E-state index in [0.29, 0.717) is 17.7 Å². The van der Waals surface area contributed by atoms with E-state index in [1.165, 1.54) is 11.8 Å². The molecule has 3 unspecified atom stereocenters. The first-order chi connectivity index (χ1) is 15.6. The predicted molar refractivity (Wildman–Crippen MR) is 122 cm³/mol. The van der Waals surface area contributed by atoms with Crippen molar-refractivity contribution >= 4 is 41.4 Å². The summed E-state index contributed by atoms with van der Waals surface area (Å²) >= 11 is 1.50. The molecule has 12 heteroatoms. The molecule has 0 aliphatic carbocycles. The molecule has 0 fully saturated rings. The van der Waals surface area contributed by atoms with Crippen LogP contribution in [0.4, 0.5) is 0 Å². The fraction of sp³-hybridized carbons (Fsp3) is 0.476. The SMILES string of the molecule is CSCCC(N)C(=O)NC(CCC(=O)O)C(=O)NCC(=O)NC(Cc1ccccc1)C(=O)O. The molecule has 3 amide bonds. The molecule has 1 aromatic rings. The molecule has 1 rings (SSSR count). The number of amides is 3. The highest BCUT2D eigenvalue weighted by molar-refractivity contribution is 7.98. The van der Waals surface area contributed by atoms with Crippen LogP contribution in [0, 0.1) is 0 Å². The highest BCUT2D eigenvalue weighted by Gasteiger charge is 2.26. The van der Waals surface area contributed by atoms with Crippen LogP contribution in [0.5, 0.6) is 0 Å². The molecule has 0 aliphatic rings. The van der Waals surface area contributed by atoms with E-state index in [1.54, 1.807) is 30.3 Å². The van der Waals surface area contributed by atoms with Gasteiger partial charge >= 0.3 is 11.9 Å². The number of thioether (sulfide) groups is 1. The summed E-state index contributed by atoms with van der Waals surface area (Å²) in [6.07, 6.45) is 1.70. The summed E-state index contributed by atoms with van der Waals surface area (Å²) < 4.78 is 0. The average Bonchev–Trinajstić information content (AvgIpc) is 2.78. The van der Waals surface area contributed by atoms with Gasteiger partial charge in [-0.15, -0.1) is 0 Å². The number of carboxylic acids is 2. The van der Waals surface area contributed by atoms with E-state index in [2.05, 4.69) is 16.0 Å². The number of carbonyl (C=O) groups is 5. The number of aliphatic carboxylic acids is 2. The maximum absolute atomic E-state index is 12.5. The zero-order chi connectivity index (χ0) is 24.8. The lowest BCUT2D eigenvalue weighted by Crippen LogP contribution is -2.53. The Kier molecular flexibility index (Phi) is 12.6. The van der Waals surface area contributed by atoms with Crippen molar-refractivity contribution < 1.29 is 34.2 Å². The first-order valence-corrected chi connectivity index (χ1v) is 11.6. The third-order valence-corrected chi connectivity index (χ3v) is 5.23. The summed E-state index contributed by atoms with van der Waals surface area (Å²) in [5.74, 6) is -3.87. The van der Waals surface area contributed by atoms with Crippen LogP contribution in [0.3, 0.4) is 0 Å². The van der Waals surface area contributed by atoms with E-state index < -0.39 is 54.3 Å². The van der Waals surface area contributed by atoms with Crippen molar-refractivity contribution in [3.63, 3.8) is 0 Å². The van der Waals surface area contributed by atoms with Gasteiger partial charge in [0, 0.05) is 12.8 Å². The largest absolute Gasteiger partial charge is 0.481 e. The Labute approximate surface area is 195 Å². The first-order valence-electron chi connectivity index (χ1n) is 10.2. The molecule has 7 N–H and O–H groups in total. The molecule has 0 aliphatic heterocycles. The van der Waals surface area contributed by atoms with Gasteiger partial charge in [0.05, 0.1) is 12.6 Å². The number of rotatable bonds is 15. The first kappa shape index (κ1) is 27.9. The van der Waals surface area contributed by atoms with Gasteiger partial charge in [-0.1, -0.05) is 30.3 Å². The van der Waals surface area contributed by atoms with Crippen molar-refractivity contribution in [2.75, 3.05) is 18.6 Å². The number of hydrogen-bond acceptors (Lipinski definition) is 7. The maximum Gasteiger partial charge on any atom is 0.326 e. The summed E-state index contributed by atoms with van der Waals surface area (Å²) in [5.41, 5.74) is 6.49. The van der Waals surface area contributed by atoms with Gasteiger partial charge in [0.15, 0.2) is 0 Å². The monoisotopic (exact) mass is 482 g/mol. The van der Waals surface area contributed by atoms with E-state index in [9.17, 15) is 29.1 Å². The second kappa shape index (κ2) is 14.9. The fourth-order valence-corrected chi connectivity index (χ4v) is 3.27. The second-order valence-electron chi connectivity index (χ2n) is 7.25. The number of hydrogen-bond donors (Lipinski definition) is 6. The van der Waals surface area contributed by atoms with E-state index >= 15 is 0 Å². The topological polar surface area (TPSA) is 188 Å². The third kappa shape index (κ3) is 11.3. The molecule has 0 spiro atoms. The van der Waals surface area contributed by atoms with E-state index in [-0.39, 0.29) is 19.3 Å². The molecule has 0 aromatic heterocycles. The lowest BCUT2D eigenvalue weighted by molar-refractivity contribution is -0.141. The standard InChI is InChI=1S/C21H30N4O7S/c1-33-10-9-14(22)19(29)25-15(7-8-18(27)28)20(30)23-12-17(26)24-16(21(31)32)11-13-5-3-2-4-6-13/h2-6,14-16H,7-12,22H2,1H3,(H,23,30)(H,24,26)(H,25,29)(H,27,28)(H,31,32). The van der Waals surface area contributed by atoms with Crippen molar-refractivity contribution in [2.24, 2.45) is 5.73 Å². The minimum atomic E-state index is -1.23. The smallest absolute Gasteiger partial charge is 0.326 e. The average molecular weight is 483 g/mol. The minimum absolute atomic E-state index is 0.0566. The van der Waals surface area contributed by atoms with Crippen molar-refractivity contribution in [3.8, 4) is 0 Å². The third-order valence-electron chi connectivity index (χ3n) is 4.59. The van der Waals surface area contributed by atoms with Gasteiger partial charge in [-0.2, -0.15) is 11.8 Å². The highest BCUT2D eigenvalue weighted by Crippen LogP contribution is 2.04. The molecule has 0 saturated heterocycles. The zero-order valence-corrected chi connectivity index (χ0v) is 19.1. The Hall–Kier alpha value is -3.12. The molecule has 182 valence electrons. The Morgan fingerprint density at radius 1 is 0.970 bits per heavy atom. The van der Waals surface area contributed by atoms with Crippen LogP contribution >= 0.6 is 11.8 Å². The van der Waals surface area contributed by atoms with E-state index in [4.69, 9.17) is 10.8 Å². The van der Waals surface area contributed by atoms with E-state index in [0.717, 1.165) is 0 Å². The lowest BCUT2D eigenvalue weighted by atomic mass is 10.1. The highest BCUT2D eigenvalue weighted by atomic mass is 32.2. The molecular formula is C21H30N4O7S. The molecular weight excluding hydrogens is 452 g/mol. The Morgan fingerprint density at radius 2 is 1.64 bits per heavy atom. The van der Waals surface area contributed by atoms with Crippen LogP contribution in [-0.4, -0.2) is 76.6 Å². The van der Waals surface area contributed by atoms with Crippen molar-refractivity contribution in [1.82, 2.24) is 16.0 Å². The Morgan fingerprint density at radius 3 is 2.21 bits per heavy atom. The van der Waals surface area contributed by atoms with Crippen LogP contribution in [-0.2, 0) is 30.4 Å². The van der Waals surface area contributed by atoms with Crippen molar-refractivity contribution in [3.05, 3.63) is 35.9 Å². The summed E-state index contributed by atoms with van der Waals surface area (Å²) in [6.45, 7) is -0.546. The van der Waals surface area contributed by atoms with Gasteiger partial charge < -0.3 is 31.9 Å². The summed E-state index contributed by atoms with van der Waals surface area (Å²) in [6, 6.07) is 5.45. The second-order valence-corrected chi connectivity index (χ2v) is 8.23. The molecule has 0 bridgehead atoms. The summed E-state index contributed by atoms with van der Waals surface area (Å²) in [7, 11) is 0. The van der Waals surface area contributed by atoms with Crippen LogP contribution in [0.15, 0.2) is 30.3 Å².